The summed E-state index contributed by atoms with van der Waals surface area (Å²) in [5, 5.41) is 0.670. The Morgan fingerprint density at radius 3 is 2.90 bits per heavy atom. The Kier molecular flexibility index (Phi) is 5.62. The standard InChI is InChI=1S/C16H21N3S.ClH/c1-2-9-19(11-13-10-18-16(17)20-13)15-8-7-12-5-3-4-6-14(12)15;/h3-6,10,15H,2,7-9,11H2,1H3,(H2,17,18);1H. The number of nitrogens with zero attached hydrogens (tertiary/aromatic N) is 2. The second kappa shape index (κ2) is 7.25. The van der Waals surface area contributed by atoms with Gasteiger partial charge in [0.05, 0.1) is 0 Å². The van der Waals surface area contributed by atoms with E-state index in [1.54, 1.807) is 11.3 Å². The zero-order valence-electron chi connectivity index (χ0n) is 12.3. The number of hydrogen-bond acceptors (Lipinski definition) is 4. The molecule has 5 heteroatoms. The maximum Gasteiger partial charge on any atom is 0.180 e. The Morgan fingerprint density at radius 1 is 1.38 bits per heavy atom. The molecule has 3 nitrogen and oxygen atoms in total. The number of thiazole rings is 1. The van der Waals surface area contributed by atoms with Gasteiger partial charge in [0.2, 0.25) is 0 Å². The van der Waals surface area contributed by atoms with E-state index in [1.807, 2.05) is 6.20 Å². The van der Waals surface area contributed by atoms with Crippen molar-refractivity contribution in [3.05, 3.63) is 46.5 Å². The van der Waals surface area contributed by atoms with E-state index in [-0.39, 0.29) is 12.4 Å². The van der Waals surface area contributed by atoms with Crippen molar-refractivity contribution in [2.24, 2.45) is 0 Å². The first-order chi connectivity index (χ1) is 9.78. The Hall–Kier alpha value is -1.10. The highest BCUT2D eigenvalue weighted by Gasteiger charge is 2.27. The maximum absolute atomic E-state index is 5.75. The van der Waals surface area contributed by atoms with E-state index in [9.17, 15) is 0 Å². The van der Waals surface area contributed by atoms with E-state index in [2.05, 4.69) is 41.1 Å². The molecule has 0 fully saturated rings. The number of aromatic nitrogens is 1. The van der Waals surface area contributed by atoms with Crippen LogP contribution in [0.2, 0.25) is 0 Å². The largest absolute Gasteiger partial charge is 0.375 e. The van der Waals surface area contributed by atoms with Gasteiger partial charge in [-0.25, -0.2) is 4.98 Å². The van der Waals surface area contributed by atoms with Crippen molar-refractivity contribution >= 4 is 28.9 Å². The average Bonchev–Trinajstić information content (AvgIpc) is 3.04. The van der Waals surface area contributed by atoms with E-state index in [1.165, 1.54) is 35.3 Å². The summed E-state index contributed by atoms with van der Waals surface area (Å²) in [5.74, 6) is 0. The number of halogens is 1. The van der Waals surface area contributed by atoms with Crippen LogP contribution in [0.3, 0.4) is 0 Å². The van der Waals surface area contributed by atoms with Crippen molar-refractivity contribution in [1.82, 2.24) is 9.88 Å². The Bertz CT molecular complexity index is 584. The summed E-state index contributed by atoms with van der Waals surface area (Å²) in [6.45, 7) is 4.33. The monoisotopic (exact) mass is 323 g/mol. The van der Waals surface area contributed by atoms with Gasteiger partial charge in [0.1, 0.15) is 0 Å². The van der Waals surface area contributed by atoms with Crippen LogP contribution in [0.15, 0.2) is 30.5 Å². The van der Waals surface area contributed by atoms with Crippen LogP contribution in [0.25, 0.3) is 0 Å². The van der Waals surface area contributed by atoms with Gasteiger partial charge in [-0.2, -0.15) is 0 Å². The minimum absolute atomic E-state index is 0. The molecule has 0 spiro atoms. The summed E-state index contributed by atoms with van der Waals surface area (Å²) < 4.78 is 0. The lowest BCUT2D eigenvalue weighted by molar-refractivity contribution is 0.189. The molecule has 0 bridgehead atoms. The van der Waals surface area contributed by atoms with E-state index in [0.29, 0.717) is 11.2 Å². The molecule has 1 aliphatic carbocycles. The quantitative estimate of drug-likeness (QED) is 0.902. The molecule has 1 unspecified atom stereocenters. The smallest absolute Gasteiger partial charge is 0.180 e. The third kappa shape index (κ3) is 3.57. The van der Waals surface area contributed by atoms with Crippen molar-refractivity contribution in [1.29, 1.82) is 0 Å². The molecule has 0 amide bonds. The molecule has 21 heavy (non-hydrogen) atoms. The normalized spacial score (nSPS) is 16.8. The summed E-state index contributed by atoms with van der Waals surface area (Å²) in [4.78, 5) is 8.02. The first-order valence-corrected chi connectivity index (χ1v) is 8.11. The predicted molar refractivity (Wildman–Crippen MR) is 92.0 cm³/mol. The molecule has 1 aliphatic rings. The number of rotatable bonds is 5. The first-order valence-electron chi connectivity index (χ1n) is 7.30. The second-order valence-corrected chi connectivity index (χ2v) is 6.54. The van der Waals surface area contributed by atoms with Gasteiger partial charge in [0.15, 0.2) is 5.13 Å². The number of nitrogen functional groups attached to an aromatic ring is 1. The fraction of sp³-hybridized carbons (Fsp3) is 0.438. The molecule has 1 heterocycles. The summed E-state index contributed by atoms with van der Waals surface area (Å²) in [6.07, 6.45) is 5.52. The van der Waals surface area contributed by atoms with E-state index < -0.39 is 0 Å². The number of hydrogen-bond donors (Lipinski definition) is 1. The van der Waals surface area contributed by atoms with Crippen molar-refractivity contribution in [2.45, 2.75) is 38.8 Å². The molecule has 1 aromatic heterocycles. The Labute approximate surface area is 136 Å². The summed E-state index contributed by atoms with van der Waals surface area (Å²) in [5.41, 5.74) is 8.78. The van der Waals surface area contributed by atoms with E-state index in [0.717, 1.165) is 13.1 Å². The van der Waals surface area contributed by atoms with Gasteiger partial charge in [-0.3, -0.25) is 4.90 Å². The number of anilines is 1. The first kappa shape index (κ1) is 16.3. The number of aryl methyl sites for hydroxylation is 1. The molecule has 2 N–H and O–H groups in total. The molecule has 114 valence electrons. The Morgan fingerprint density at radius 2 is 2.19 bits per heavy atom. The van der Waals surface area contributed by atoms with Crippen LogP contribution >= 0.6 is 23.7 Å². The molecule has 0 saturated heterocycles. The van der Waals surface area contributed by atoms with Gasteiger partial charge < -0.3 is 5.73 Å². The molecule has 0 aliphatic heterocycles. The van der Waals surface area contributed by atoms with Gasteiger partial charge in [0.25, 0.3) is 0 Å². The highest BCUT2D eigenvalue weighted by atomic mass is 35.5. The van der Waals surface area contributed by atoms with Crippen molar-refractivity contribution in [3.63, 3.8) is 0 Å². The highest BCUT2D eigenvalue weighted by molar-refractivity contribution is 7.15. The van der Waals surface area contributed by atoms with Gasteiger partial charge in [-0.05, 0) is 36.9 Å². The van der Waals surface area contributed by atoms with Gasteiger partial charge in [-0.15, -0.1) is 23.7 Å². The Balaban J connectivity index is 0.00000161. The van der Waals surface area contributed by atoms with Crippen molar-refractivity contribution in [3.8, 4) is 0 Å². The van der Waals surface area contributed by atoms with Crippen LogP contribution in [-0.2, 0) is 13.0 Å². The molecule has 0 saturated carbocycles. The van der Waals surface area contributed by atoms with Crippen LogP contribution in [0, 0.1) is 0 Å². The summed E-state index contributed by atoms with van der Waals surface area (Å²) in [7, 11) is 0. The fourth-order valence-electron chi connectivity index (χ4n) is 3.14. The lowest BCUT2D eigenvalue weighted by Gasteiger charge is -2.28. The van der Waals surface area contributed by atoms with E-state index in [4.69, 9.17) is 5.73 Å². The lowest BCUT2D eigenvalue weighted by atomic mass is 10.1. The minimum Gasteiger partial charge on any atom is -0.375 e. The topological polar surface area (TPSA) is 42.2 Å². The van der Waals surface area contributed by atoms with Crippen LogP contribution in [-0.4, -0.2) is 16.4 Å². The minimum atomic E-state index is 0. The second-order valence-electron chi connectivity index (χ2n) is 5.39. The van der Waals surface area contributed by atoms with Crippen LogP contribution in [0.1, 0.15) is 41.8 Å². The van der Waals surface area contributed by atoms with E-state index >= 15 is 0 Å². The van der Waals surface area contributed by atoms with Gasteiger partial charge in [-0.1, -0.05) is 31.2 Å². The summed E-state index contributed by atoms with van der Waals surface area (Å²) in [6, 6.07) is 9.41. The molecule has 1 aromatic carbocycles. The van der Waals surface area contributed by atoms with Crippen LogP contribution in [0.4, 0.5) is 5.13 Å². The SMILES string of the molecule is CCCN(Cc1cnc(N)s1)C1CCc2ccccc21.Cl. The van der Waals surface area contributed by atoms with Crippen LogP contribution in [0.5, 0.6) is 0 Å². The number of nitrogens with two attached hydrogens (primary N) is 1. The third-order valence-electron chi connectivity index (χ3n) is 3.98. The number of fused-ring (bicyclic) bond motifs is 1. The molecule has 0 radical (unpaired) electrons. The highest BCUT2D eigenvalue weighted by Crippen LogP contribution is 2.36. The number of benzene rings is 1. The third-order valence-corrected chi connectivity index (χ3v) is 4.79. The maximum atomic E-state index is 5.75. The van der Waals surface area contributed by atoms with Crippen molar-refractivity contribution in [2.75, 3.05) is 12.3 Å². The van der Waals surface area contributed by atoms with Gasteiger partial charge in [0, 0.05) is 23.7 Å². The van der Waals surface area contributed by atoms with Gasteiger partial charge >= 0.3 is 0 Å². The molecular weight excluding hydrogens is 302 g/mol. The average molecular weight is 324 g/mol. The zero-order chi connectivity index (χ0) is 13.9. The predicted octanol–water partition coefficient (Wildman–Crippen LogP) is 4.05. The lowest BCUT2D eigenvalue weighted by Crippen LogP contribution is -2.27. The van der Waals surface area contributed by atoms with Crippen molar-refractivity contribution < 1.29 is 0 Å². The zero-order valence-corrected chi connectivity index (χ0v) is 13.9. The molecule has 2 aromatic rings. The molecule has 1 atom stereocenters. The van der Waals surface area contributed by atoms with Crippen LogP contribution < -0.4 is 5.73 Å². The summed E-state index contributed by atoms with van der Waals surface area (Å²) >= 11 is 1.61. The molecule has 3 rings (SSSR count). The molecular formula is C16H22ClN3S. The fourth-order valence-corrected chi connectivity index (χ4v) is 3.85.